The first-order valence-corrected chi connectivity index (χ1v) is 14.5. The third-order valence-corrected chi connectivity index (χ3v) is 8.07. The van der Waals surface area contributed by atoms with E-state index in [2.05, 4.69) is 5.32 Å². The monoisotopic (exact) mass is 551 g/mol. The Balaban J connectivity index is 2.03. The molecule has 0 saturated heterocycles. The molecule has 3 aromatic rings. The van der Waals surface area contributed by atoms with E-state index in [9.17, 15) is 18.0 Å². The molecule has 0 aliphatic rings. The number of aryl methyl sites for hydroxylation is 2. The van der Waals surface area contributed by atoms with Gasteiger partial charge in [0.05, 0.1) is 17.2 Å². The number of hydrogen-bond acceptors (Lipinski definition) is 5. The molecule has 1 N–H and O–H groups in total. The van der Waals surface area contributed by atoms with Gasteiger partial charge in [-0.25, -0.2) is 8.42 Å². The average Bonchev–Trinajstić information content (AvgIpc) is 2.91. The van der Waals surface area contributed by atoms with E-state index < -0.39 is 28.5 Å². The number of amides is 2. The molecule has 0 unspecified atom stereocenters. The van der Waals surface area contributed by atoms with Crippen molar-refractivity contribution in [2.45, 2.75) is 52.1 Å². The van der Waals surface area contributed by atoms with E-state index in [1.54, 1.807) is 50.2 Å². The second-order valence-corrected chi connectivity index (χ2v) is 11.2. The molecule has 8 nitrogen and oxygen atoms in total. The van der Waals surface area contributed by atoms with Gasteiger partial charge >= 0.3 is 0 Å². The molecule has 3 rings (SSSR count). The van der Waals surface area contributed by atoms with Gasteiger partial charge in [-0.05, 0) is 76.6 Å². The molecule has 0 fully saturated rings. The highest BCUT2D eigenvalue weighted by atomic mass is 32.2. The van der Waals surface area contributed by atoms with Crippen LogP contribution in [0.15, 0.2) is 77.7 Å². The zero-order valence-electron chi connectivity index (χ0n) is 23.2. The van der Waals surface area contributed by atoms with Crippen LogP contribution in [0, 0.1) is 13.8 Å². The molecular formula is C30H37N3O5S. The second-order valence-electron chi connectivity index (χ2n) is 9.33. The molecular weight excluding hydrogens is 514 g/mol. The summed E-state index contributed by atoms with van der Waals surface area (Å²) in [7, 11) is -4.12. The highest BCUT2D eigenvalue weighted by Gasteiger charge is 2.32. The van der Waals surface area contributed by atoms with Crippen LogP contribution in [0.4, 0.5) is 5.69 Å². The third kappa shape index (κ3) is 7.60. The summed E-state index contributed by atoms with van der Waals surface area (Å²) in [4.78, 5) is 28.2. The Morgan fingerprint density at radius 3 is 2.18 bits per heavy atom. The summed E-state index contributed by atoms with van der Waals surface area (Å²) in [5.74, 6) is -0.224. The van der Waals surface area contributed by atoms with Crippen molar-refractivity contribution in [2.75, 3.05) is 24.0 Å². The third-order valence-electron chi connectivity index (χ3n) is 6.28. The fourth-order valence-corrected chi connectivity index (χ4v) is 5.57. The minimum Gasteiger partial charge on any atom is -0.494 e. The zero-order valence-corrected chi connectivity index (χ0v) is 24.0. The van der Waals surface area contributed by atoms with Crippen LogP contribution in [0.2, 0.25) is 0 Å². The summed E-state index contributed by atoms with van der Waals surface area (Å²) >= 11 is 0. The lowest BCUT2D eigenvalue weighted by Gasteiger charge is -2.32. The average molecular weight is 552 g/mol. The zero-order chi connectivity index (χ0) is 28.6. The largest absolute Gasteiger partial charge is 0.494 e. The molecule has 1 atom stereocenters. The van der Waals surface area contributed by atoms with Gasteiger partial charge in [0.25, 0.3) is 10.0 Å². The van der Waals surface area contributed by atoms with Gasteiger partial charge in [-0.1, -0.05) is 47.5 Å². The summed E-state index contributed by atoms with van der Waals surface area (Å²) < 4.78 is 34.3. The van der Waals surface area contributed by atoms with E-state index in [1.807, 2.05) is 45.0 Å². The minimum absolute atomic E-state index is 0.0665. The van der Waals surface area contributed by atoms with Gasteiger partial charge in [0.15, 0.2) is 0 Å². The number of carbonyl (C=O) groups is 2. The van der Waals surface area contributed by atoms with Crippen molar-refractivity contribution < 1.29 is 22.7 Å². The quantitative estimate of drug-likeness (QED) is 0.359. The van der Waals surface area contributed by atoms with Crippen molar-refractivity contribution in [3.8, 4) is 5.75 Å². The number of anilines is 1. The Hall–Kier alpha value is -3.85. The topological polar surface area (TPSA) is 96.0 Å². The second kappa shape index (κ2) is 13.3. The van der Waals surface area contributed by atoms with Gasteiger partial charge < -0.3 is 15.0 Å². The molecule has 3 aromatic carbocycles. The van der Waals surface area contributed by atoms with Gasteiger partial charge in [-0.2, -0.15) is 0 Å². The van der Waals surface area contributed by atoms with Gasteiger partial charge in [-0.3, -0.25) is 13.9 Å². The van der Waals surface area contributed by atoms with E-state index in [-0.39, 0.29) is 17.3 Å². The molecule has 0 heterocycles. The Kier molecular flexibility index (Phi) is 10.1. The number of likely N-dealkylation sites (N-methyl/N-ethyl adjacent to an activating group) is 1. The summed E-state index contributed by atoms with van der Waals surface area (Å²) in [5, 5.41) is 2.76. The van der Waals surface area contributed by atoms with Crippen molar-refractivity contribution in [1.82, 2.24) is 10.2 Å². The Morgan fingerprint density at radius 1 is 0.923 bits per heavy atom. The number of sulfonamides is 1. The van der Waals surface area contributed by atoms with Crippen LogP contribution in [0.5, 0.6) is 5.75 Å². The minimum atomic E-state index is -4.12. The van der Waals surface area contributed by atoms with Gasteiger partial charge in [0, 0.05) is 13.1 Å². The van der Waals surface area contributed by atoms with Crippen LogP contribution in [-0.2, 0) is 26.2 Å². The molecule has 2 amide bonds. The van der Waals surface area contributed by atoms with Crippen molar-refractivity contribution in [1.29, 1.82) is 0 Å². The highest BCUT2D eigenvalue weighted by molar-refractivity contribution is 7.92. The first-order valence-electron chi connectivity index (χ1n) is 13.0. The number of rotatable bonds is 12. The maximum atomic E-state index is 13.9. The smallest absolute Gasteiger partial charge is 0.264 e. The van der Waals surface area contributed by atoms with Gasteiger partial charge in [-0.15, -0.1) is 0 Å². The first-order chi connectivity index (χ1) is 18.6. The Bertz CT molecular complexity index is 1370. The molecule has 0 bridgehead atoms. The molecule has 9 heteroatoms. The first kappa shape index (κ1) is 29.7. The van der Waals surface area contributed by atoms with E-state index in [0.29, 0.717) is 24.6 Å². The Labute approximate surface area is 231 Å². The molecule has 0 aliphatic heterocycles. The maximum Gasteiger partial charge on any atom is 0.264 e. The van der Waals surface area contributed by atoms with Crippen molar-refractivity contribution >= 4 is 27.5 Å². The lowest BCUT2D eigenvalue weighted by atomic mass is 10.1. The summed E-state index contributed by atoms with van der Waals surface area (Å²) in [6, 6.07) is 19.9. The Morgan fingerprint density at radius 2 is 1.59 bits per heavy atom. The molecule has 208 valence electrons. The number of ether oxygens (including phenoxy) is 1. The highest BCUT2D eigenvalue weighted by Crippen LogP contribution is 2.27. The van der Waals surface area contributed by atoms with Crippen LogP contribution in [0.25, 0.3) is 0 Å². The molecule has 0 aromatic heterocycles. The summed E-state index contributed by atoms with van der Waals surface area (Å²) in [6.45, 7) is 9.68. The van der Waals surface area contributed by atoms with E-state index in [0.717, 1.165) is 21.0 Å². The van der Waals surface area contributed by atoms with E-state index in [1.165, 1.54) is 17.0 Å². The predicted molar refractivity (Wildman–Crippen MR) is 153 cm³/mol. The van der Waals surface area contributed by atoms with Crippen molar-refractivity contribution in [2.24, 2.45) is 0 Å². The maximum absolute atomic E-state index is 13.9. The van der Waals surface area contributed by atoms with Gasteiger partial charge in [0.1, 0.15) is 18.3 Å². The van der Waals surface area contributed by atoms with Crippen LogP contribution in [-0.4, -0.2) is 50.9 Å². The fraction of sp³-hybridized carbons (Fsp3) is 0.333. The summed E-state index contributed by atoms with van der Waals surface area (Å²) in [5.41, 5.74) is 3.09. The van der Waals surface area contributed by atoms with Crippen LogP contribution in [0.3, 0.4) is 0 Å². The SMILES string of the molecule is CCNC(=O)[C@H](C)N(Cc1cccc(C)c1)C(=O)CN(c1ccc(OCC)cc1)S(=O)(=O)c1ccc(C)cc1. The molecule has 0 saturated carbocycles. The summed E-state index contributed by atoms with van der Waals surface area (Å²) in [6.07, 6.45) is 0. The van der Waals surface area contributed by atoms with E-state index in [4.69, 9.17) is 4.74 Å². The predicted octanol–water partition coefficient (Wildman–Crippen LogP) is 4.45. The lowest BCUT2D eigenvalue weighted by Crippen LogP contribution is -2.51. The molecule has 0 radical (unpaired) electrons. The van der Waals surface area contributed by atoms with Gasteiger partial charge in [0.2, 0.25) is 11.8 Å². The molecule has 0 spiro atoms. The fourth-order valence-electron chi connectivity index (χ4n) is 4.15. The lowest BCUT2D eigenvalue weighted by molar-refractivity contribution is -0.139. The van der Waals surface area contributed by atoms with Crippen LogP contribution in [0.1, 0.15) is 37.5 Å². The van der Waals surface area contributed by atoms with E-state index >= 15 is 0 Å². The number of nitrogens with one attached hydrogen (secondary N) is 1. The molecule has 39 heavy (non-hydrogen) atoms. The van der Waals surface area contributed by atoms with Crippen molar-refractivity contribution in [3.05, 3.63) is 89.5 Å². The number of benzene rings is 3. The van der Waals surface area contributed by atoms with Crippen molar-refractivity contribution in [3.63, 3.8) is 0 Å². The number of hydrogen-bond donors (Lipinski definition) is 1. The standard InChI is InChI=1S/C30H37N3O5S/c1-6-31-30(35)24(5)32(20-25-10-8-9-23(4)19-25)29(34)21-33(26-13-15-27(16-14-26)38-7-2)39(36,37)28-17-11-22(3)12-18-28/h8-19,24H,6-7,20-21H2,1-5H3,(H,31,35)/t24-/m0/s1. The van der Waals surface area contributed by atoms with Crippen LogP contribution < -0.4 is 14.4 Å². The normalized spacial score (nSPS) is 11.9. The number of carbonyl (C=O) groups excluding carboxylic acids is 2. The van der Waals surface area contributed by atoms with Crippen LogP contribution >= 0.6 is 0 Å². The number of nitrogens with zero attached hydrogens (tertiary/aromatic N) is 2. The molecule has 0 aliphatic carbocycles.